The van der Waals surface area contributed by atoms with Crippen LogP contribution in [0.25, 0.3) is 11.4 Å². The summed E-state index contributed by atoms with van der Waals surface area (Å²) in [6, 6.07) is 11.1. The van der Waals surface area contributed by atoms with Crippen molar-refractivity contribution in [2.45, 2.75) is 31.5 Å². The van der Waals surface area contributed by atoms with Crippen LogP contribution in [-0.4, -0.2) is 80.7 Å². The average molecular weight is 503 g/mol. The van der Waals surface area contributed by atoms with Gasteiger partial charge >= 0.3 is 0 Å². The highest BCUT2D eigenvalue weighted by molar-refractivity contribution is 5.82. The molecule has 2 aliphatic heterocycles. The summed E-state index contributed by atoms with van der Waals surface area (Å²) >= 11 is 0. The fourth-order valence-corrected chi connectivity index (χ4v) is 4.62. The molecule has 11 heteroatoms. The summed E-state index contributed by atoms with van der Waals surface area (Å²) in [6.07, 6.45) is 3.32. The molecule has 0 bridgehead atoms. The first-order chi connectivity index (χ1) is 18.0. The minimum Gasteiger partial charge on any atom is -0.391 e. The Balaban J connectivity index is 1.23. The lowest BCUT2D eigenvalue weighted by molar-refractivity contribution is -0.119. The highest BCUT2D eigenvalue weighted by atomic mass is 19.1. The van der Waals surface area contributed by atoms with E-state index in [1.807, 2.05) is 15.9 Å². The standard InChI is InChI=1S/C26H27FN8O2/c27-17-6-9-34(14-17)15-21(37)11-18-1-2-19(13-30-18)31-26-29-8-5-23(33-26)22-3-4-25(24(12-28)32-22)35-10-7-20(36)16-35/h1-5,8,13,17,20,36H,6-7,9-11,14-16H2,(H,29,31,33)/t17-,20-/m0/s1. The molecule has 0 amide bonds. The number of alkyl halides is 1. The smallest absolute Gasteiger partial charge is 0.227 e. The molecule has 0 radical (unpaired) electrons. The average Bonchev–Trinajstić information content (AvgIpc) is 3.52. The summed E-state index contributed by atoms with van der Waals surface area (Å²) in [5.74, 6) is 0.347. The Bertz CT molecular complexity index is 1310. The quantitative estimate of drug-likeness (QED) is 0.473. The van der Waals surface area contributed by atoms with Crippen molar-refractivity contribution < 1.29 is 14.3 Å². The van der Waals surface area contributed by atoms with E-state index in [4.69, 9.17) is 0 Å². The van der Waals surface area contributed by atoms with E-state index in [0.29, 0.717) is 73.4 Å². The molecule has 0 aliphatic carbocycles. The molecule has 0 aromatic carbocycles. The van der Waals surface area contributed by atoms with Gasteiger partial charge in [0.15, 0.2) is 11.5 Å². The number of Topliss-reactive ketones (excluding diaryl/α,β-unsaturated/α-hetero) is 1. The number of halogens is 1. The van der Waals surface area contributed by atoms with Crippen LogP contribution in [0.2, 0.25) is 0 Å². The Labute approximate surface area is 213 Å². The molecule has 190 valence electrons. The topological polar surface area (TPSA) is 131 Å². The van der Waals surface area contributed by atoms with Crippen LogP contribution < -0.4 is 10.2 Å². The molecule has 3 aromatic heterocycles. The first kappa shape index (κ1) is 24.7. The number of nitriles is 1. The molecule has 10 nitrogen and oxygen atoms in total. The Morgan fingerprint density at radius 1 is 1.11 bits per heavy atom. The van der Waals surface area contributed by atoms with E-state index in [0.717, 1.165) is 0 Å². The van der Waals surface area contributed by atoms with Gasteiger partial charge in [-0.2, -0.15) is 5.26 Å². The van der Waals surface area contributed by atoms with Gasteiger partial charge in [-0.05, 0) is 43.2 Å². The number of hydrogen-bond donors (Lipinski definition) is 2. The van der Waals surface area contributed by atoms with E-state index in [9.17, 15) is 19.6 Å². The molecule has 3 aromatic rings. The number of ketones is 1. The highest BCUT2D eigenvalue weighted by Crippen LogP contribution is 2.27. The molecule has 0 spiro atoms. The predicted octanol–water partition coefficient (Wildman–Crippen LogP) is 2.28. The van der Waals surface area contributed by atoms with E-state index >= 15 is 0 Å². The number of carbonyl (C=O) groups excluding carboxylic acids is 1. The van der Waals surface area contributed by atoms with E-state index in [-0.39, 0.29) is 24.4 Å². The first-order valence-corrected chi connectivity index (χ1v) is 12.2. The maximum Gasteiger partial charge on any atom is 0.227 e. The number of rotatable bonds is 8. The van der Waals surface area contributed by atoms with Crippen molar-refractivity contribution in [1.29, 1.82) is 5.26 Å². The van der Waals surface area contributed by atoms with Crippen LogP contribution in [0.15, 0.2) is 42.7 Å². The van der Waals surface area contributed by atoms with Gasteiger partial charge in [-0.15, -0.1) is 0 Å². The third kappa shape index (κ3) is 6.04. The van der Waals surface area contributed by atoms with Gasteiger partial charge in [0.2, 0.25) is 5.95 Å². The second-order valence-corrected chi connectivity index (χ2v) is 9.33. The van der Waals surface area contributed by atoms with E-state index in [1.165, 1.54) is 0 Å². The fourth-order valence-electron chi connectivity index (χ4n) is 4.62. The molecule has 5 heterocycles. The summed E-state index contributed by atoms with van der Waals surface area (Å²) in [4.78, 5) is 33.7. The first-order valence-electron chi connectivity index (χ1n) is 12.2. The number of hydrogen-bond acceptors (Lipinski definition) is 10. The van der Waals surface area contributed by atoms with Crippen LogP contribution in [0.3, 0.4) is 0 Å². The van der Waals surface area contributed by atoms with Crippen molar-refractivity contribution >= 4 is 23.1 Å². The van der Waals surface area contributed by atoms with Crippen molar-refractivity contribution in [2.24, 2.45) is 0 Å². The maximum absolute atomic E-state index is 13.3. The van der Waals surface area contributed by atoms with Crippen LogP contribution >= 0.6 is 0 Å². The molecule has 2 saturated heterocycles. The monoisotopic (exact) mass is 502 g/mol. The summed E-state index contributed by atoms with van der Waals surface area (Å²) in [7, 11) is 0. The number of pyridine rings is 2. The third-order valence-corrected chi connectivity index (χ3v) is 6.48. The van der Waals surface area contributed by atoms with Gasteiger partial charge in [0, 0.05) is 38.1 Å². The second-order valence-electron chi connectivity index (χ2n) is 9.33. The largest absolute Gasteiger partial charge is 0.391 e. The molecule has 37 heavy (non-hydrogen) atoms. The maximum atomic E-state index is 13.3. The van der Waals surface area contributed by atoms with Gasteiger partial charge in [-0.3, -0.25) is 14.7 Å². The Hall–Kier alpha value is -4.01. The number of nitrogens with one attached hydrogen (secondary N) is 1. The molecule has 5 rings (SSSR count). The zero-order chi connectivity index (χ0) is 25.8. The molecule has 0 unspecified atom stereocenters. The van der Waals surface area contributed by atoms with Gasteiger partial charge in [0.25, 0.3) is 0 Å². The number of aliphatic hydroxyl groups is 1. The van der Waals surface area contributed by atoms with Gasteiger partial charge in [0.1, 0.15) is 12.2 Å². The van der Waals surface area contributed by atoms with Crippen LogP contribution in [0.1, 0.15) is 24.2 Å². The number of aliphatic hydroxyl groups excluding tert-OH is 1. The molecule has 0 saturated carbocycles. The number of likely N-dealkylation sites (tertiary alicyclic amines) is 1. The number of anilines is 3. The fraction of sp³-hybridized carbons (Fsp3) is 0.385. The van der Waals surface area contributed by atoms with Gasteiger partial charge in [-0.1, -0.05) is 0 Å². The number of nitrogens with zero attached hydrogens (tertiary/aromatic N) is 7. The van der Waals surface area contributed by atoms with Crippen LogP contribution in [0, 0.1) is 11.3 Å². The van der Waals surface area contributed by atoms with E-state index < -0.39 is 12.3 Å². The Morgan fingerprint density at radius 2 is 1.97 bits per heavy atom. The van der Waals surface area contributed by atoms with Crippen molar-refractivity contribution in [3.8, 4) is 17.5 Å². The van der Waals surface area contributed by atoms with Gasteiger partial charge in [0.05, 0.1) is 48.0 Å². The van der Waals surface area contributed by atoms with Crippen LogP contribution in [0.4, 0.5) is 21.7 Å². The molecule has 2 fully saturated rings. The summed E-state index contributed by atoms with van der Waals surface area (Å²) in [6.45, 7) is 2.34. The van der Waals surface area contributed by atoms with Crippen LogP contribution in [0.5, 0.6) is 0 Å². The Morgan fingerprint density at radius 3 is 2.68 bits per heavy atom. The molecule has 2 aliphatic rings. The molecular formula is C26H27FN8O2. The second kappa shape index (κ2) is 10.9. The SMILES string of the molecule is N#Cc1nc(-c2ccnc(Nc3ccc(CC(=O)CN4CC[C@H](F)C4)nc3)n2)ccc1N1CC[C@H](O)C1. The zero-order valence-corrected chi connectivity index (χ0v) is 20.2. The Kier molecular flexibility index (Phi) is 7.30. The van der Waals surface area contributed by atoms with Gasteiger partial charge in [-0.25, -0.2) is 19.3 Å². The minimum atomic E-state index is -0.842. The van der Waals surface area contributed by atoms with Crippen LogP contribution in [-0.2, 0) is 11.2 Å². The minimum absolute atomic E-state index is 0.00881. The molecule has 2 atom stereocenters. The number of β-amino-alcohol motifs (C(OH)–C–C–N with tert-alkyl or cyclic N) is 1. The summed E-state index contributed by atoms with van der Waals surface area (Å²) < 4.78 is 13.3. The lowest BCUT2D eigenvalue weighted by atomic mass is 10.2. The normalized spacial score (nSPS) is 19.6. The van der Waals surface area contributed by atoms with E-state index in [2.05, 4.69) is 31.3 Å². The molecule has 2 N–H and O–H groups in total. The lowest BCUT2D eigenvalue weighted by Gasteiger charge is -2.19. The van der Waals surface area contributed by atoms with Crippen molar-refractivity contribution in [2.75, 3.05) is 42.9 Å². The summed E-state index contributed by atoms with van der Waals surface area (Å²) in [5, 5.41) is 22.6. The summed E-state index contributed by atoms with van der Waals surface area (Å²) in [5.41, 5.74) is 3.36. The van der Waals surface area contributed by atoms with Crippen molar-refractivity contribution in [3.63, 3.8) is 0 Å². The van der Waals surface area contributed by atoms with Crippen molar-refractivity contribution in [1.82, 2.24) is 24.8 Å². The predicted molar refractivity (Wildman–Crippen MR) is 135 cm³/mol. The number of aromatic nitrogens is 4. The molecular weight excluding hydrogens is 475 g/mol. The number of carbonyl (C=O) groups is 1. The van der Waals surface area contributed by atoms with E-state index in [1.54, 1.807) is 36.7 Å². The third-order valence-electron chi connectivity index (χ3n) is 6.48. The highest BCUT2D eigenvalue weighted by Gasteiger charge is 2.24. The zero-order valence-electron chi connectivity index (χ0n) is 20.2. The van der Waals surface area contributed by atoms with Crippen molar-refractivity contribution in [3.05, 3.63) is 54.1 Å². The lowest BCUT2D eigenvalue weighted by Crippen LogP contribution is -2.29. The van der Waals surface area contributed by atoms with Gasteiger partial charge < -0.3 is 15.3 Å².